The number of methoxy groups -OCH3 is 1. The minimum atomic E-state index is -0.543. The van der Waals surface area contributed by atoms with Gasteiger partial charge in [0.15, 0.2) is 0 Å². The third-order valence-electron chi connectivity index (χ3n) is 2.58. The molecule has 0 spiro atoms. The second-order valence-electron chi connectivity index (χ2n) is 4.71. The Bertz CT molecular complexity index is 416. The molecule has 17 heavy (non-hydrogen) atoms. The number of hydrogen-bond donors (Lipinski definition) is 1. The van der Waals surface area contributed by atoms with Gasteiger partial charge in [0, 0.05) is 16.7 Å². The monoisotopic (exact) mass is 299 g/mol. The number of rotatable bonds is 4. The first-order valence-corrected chi connectivity index (χ1v) is 6.24. The van der Waals surface area contributed by atoms with Crippen molar-refractivity contribution in [1.82, 2.24) is 0 Å². The molecule has 94 valence electrons. The Labute approximate surface area is 111 Å². The summed E-state index contributed by atoms with van der Waals surface area (Å²) in [5.74, 6) is -0.215. The van der Waals surface area contributed by atoms with Crippen molar-refractivity contribution in [2.45, 2.75) is 20.8 Å². The molecular weight excluding hydrogens is 282 g/mol. The lowest BCUT2D eigenvalue weighted by molar-refractivity contribution is -0.149. The van der Waals surface area contributed by atoms with Crippen molar-refractivity contribution in [1.29, 1.82) is 0 Å². The molecule has 0 saturated heterocycles. The van der Waals surface area contributed by atoms with Gasteiger partial charge in [0.1, 0.15) is 0 Å². The summed E-state index contributed by atoms with van der Waals surface area (Å²) in [7, 11) is 1.41. The fourth-order valence-electron chi connectivity index (χ4n) is 1.43. The second-order valence-corrected chi connectivity index (χ2v) is 5.57. The molecule has 1 aromatic carbocycles. The summed E-state index contributed by atoms with van der Waals surface area (Å²) in [4.78, 5) is 11.5. The van der Waals surface area contributed by atoms with Crippen LogP contribution in [-0.2, 0) is 9.53 Å². The van der Waals surface area contributed by atoms with Crippen molar-refractivity contribution >= 4 is 27.6 Å². The third-order valence-corrected chi connectivity index (χ3v) is 3.24. The van der Waals surface area contributed by atoms with Gasteiger partial charge in [-0.05, 0) is 54.4 Å². The summed E-state index contributed by atoms with van der Waals surface area (Å²) in [6, 6.07) is 6.05. The van der Waals surface area contributed by atoms with Crippen LogP contribution in [0.1, 0.15) is 19.4 Å². The first kappa shape index (κ1) is 14.0. The molecule has 0 aliphatic carbocycles. The fraction of sp³-hybridized carbons (Fsp3) is 0.462. The minimum Gasteiger partial charge on any atom is -0.469 e. The molecule has 0 saturated carbocycles. The Morgan fingerprint density at radius 3 is 2.65 bits per heavy atom. The van der Waals surface area contributed by atoms with Gasteiger partial charge in [0.25, 0.3) is 0 Å². The lowest BCUT2D eigenvalue weighted by Crippen LogP contribution is -2.33. The SMILES string of the molecule is COC(=O)C(C)(C)CNc1ccc(C)cc1Br. The van der Waals surface area contributed by atoms with Gasteiger partial charge in [-0.15, -0.1) is 0 Å². The van der Waals surface area contributed by atoms with Crippen LogP contribution < -0.4 is 5.32 Å². The van der Waals surface area contributed by atoms with Crippen LogP contribution in [0.25, 0.3) is 0 Å². The molecule has 0 aromatic heterocycles. The van der Waals surface area contributed by atoms with Crippen LogP contribution in [0.4, 0.5) is 5.69 Å². The molecule has 0 heterocycles. The van der Waals surface area contributed by atoms with Gasteiger partial charge in [-0.3, -0.25) is 4.79 Å². The van der Waals surface area contributed by atoms with E-state index in [0.717, 1.165) is 10.2 Å². The number of ether oxygens (including phenoxy) is 1. The first-order chi connectivity index (χ1) is 7.86. The van der Waals surface area contributed by atoms with Crippen LogP contribution in [-0.4, -0.2) is 19.6 Å². The summed E-state index contributed by atoms with van der Waals surface area (Å²) in [5, 5.41) is 3.25. The second kappa shape index (κ2) is 5.54. The zero-order valence-corrected chi connectivity index (χ0v) is 12.2. The zero-order valence-electron chi connectivity index (χ0n) is 10.6. The first-order valence-electron chi connectivity index (χ1n) is 5.45. The number of aryl methyl sites for hydroxylation is 1. The Hall–Kier alpha value is -1.03. The van der Waals surface area contributed by atoms with Gasteiger partial charge in [0.2, 0.25) is 0 Å². The maximum atomic E-state index is 11.5. The summed E-state index contributed by atoms with van der Waals surface area (Å²) in [6.45, 7) is 6.27. The van der Waals surface area contributed by atoms with Crippen molar-refractivity contribution in [2.24, 2.45) is 5.41 Å². The van der Waals surface area contributed by atoms with Crippen molar-refractivity contribution in [3.8, 4) is 0 Å². The van der Waals surface area contributed by atoms with E-state index in [1.165, 1.54) is 12.7 Å². The standard InChI is InChI=1S/C13H18BrNO2/c1-9-5-6-11(10(14)7-9)15-8-13(2,3)12(16)17-4/h5-7,15H,8H2,1-4H3. The number of nitrogens with one attached hydrogen (secondary N) is 1. The van der Waals surface area contributed by atoms with Crippen molar-refractivity contribution < 1.29 is 9.53 Å². The van der Waals surface area contributed by atoms with E-state index < -0.39 is 5.41 Å². The Balaban J connectivity index is 2.70. The fourth-order valence-corrected chi connectivity index (χ4v) is 2.06. The maximum absolute atomic E-state index is 11.5. The molecule has 0 bridgehead atoms. The molecule has 0 atom stereocenters. The van der Waals surface area contributed by atoms with E-state index in [9.17, 15) is 4.79 Å². The molecular formula is C13H18BrNO2. The normalized spacial score (nSPS) is 11.1. The molecule has 0 unspecified atom stereocenters. The highest BCUT2D eigenvalue weighted by Gasteiger charge is 2.28. The number of halogens is 1. The summed E-state index contributed by atoms with van der Waals surface area (Å²) >= 11 is 3.49. The Morgan fingerprint density at radius 2 is 2.12 bits per heavy atom. The number of hydrogen-bond acceptors (Lipinski definition) is 3. The molecule has 0 fully saturated rings. The number of benzene rings is 1. The third kappa shape index (κ3) is 3.73. The molecule has 1 rings (SSSR count). The van der Waals surface area contributed by atoms with Crippen molar-refractivity contribution in [3.63, 3.8) is 0 Å². The minimum absolute atomic E-state index is 0.215. The molecule has 1 N–H and O–H groups in total. The predicted octanol–water partition coefficient (Wildman–Crippen LogP) is 3.37. The van der Waals surface area contributed by atoms with Crippen LogP contribution in [0.5, 0.6) is 0 Å². The lowest BCUT2D eigenvalue weighted by Gasteiger charge is -2.22. The molecule has 0 radical (unpaired) electrons. The van der Waals surface area contributed by atoms with Gasteiger partial charge in [0.05, 0.1) is 12.5 Å². The molecule has 0 aliphatic rings. The summed E-state index contributed by atoms with van der Waals surface area (Å²) < 4.78 is 5.76. The lowest BCUT2D eigenvalue weighted by atomic mass is 9.93. The van der Waals surface area contributed by atoms with E-state index in [0.29, 0.717) is 6.54 Å². The Kier molecular flexibility index (Phi) is 4.57. The van der Waals surface area contributed by atoms with Crippen LogP contribution in [0.3, 0.4) is 0 Å². The van der Waals surface area contributed by atoms with Crippen LogP contribution in [0, 0.1) is 12.3 Å². The quantitative estimate of drug-likeness (QED) is 0.866. The molecule has 4 heteroatoms. The maximum Gasteiger partial charge on any atom is 0.313 e. The highest BCUT2D eigenvalue weighted by Crippen LogP contribution is 2.25. The average Bonchev–Trinajstić information content (AvgIpc) is 2.26. The van der Waals surface area contributed by atoms with E-state index in [1.54, 1.807) is 0 Å². The van der Waals surface area contributed by atoms with Gasteiger partial charge in [-0.1, -0.05) is 6.07 Å². The zero-order chi connectivity index (χ0) is 13.1. The number of carbonyl (C=O) groups excluding carboxylic acids is 1. The Morgan fingerprint density at radius 1 is 1.47 bits per heavy atom. The molecule has 0 aliphatic heterocycles. The van der Waals surface area contributed by atoms with Crippen molar-refractivity contribution in [3.05, 3.63) is 28.2 Å². The van der Waals surface area contributed by atoms with Crippen LogP contribution >= 0.6 is 15.9 Å². The van der Waals surface area contributed by atoms with E-state index in [4.69, 9.17) is 4.74 Å². The smallest absolute Gasteiger partial charge is 0.313 e. The van der Waals surface area contributed by atoms with Gasteiger partial charge < -0.3 is 10.1 Å². The van der Waals surface area contributed by atoms with Crippen LogP contribution in [0.15, 0.2) is 22.7 Å². The predicted molar refractivity (Wildman–Crippen MR) is 73.2 cm³/mol. The van der Waals surface area contributed by atoms with E-state index in [2.05, 4.69) is 21.2 Å². The molecule has 1 aromatic rings. The number of anilines is 1. The van der Waals surface area contributed by atoms with Crippen molar-refractivity contribution in [2.75, 3.05) is 19.0 Å². The summed E-state index contributed by atoms with van der Waals surface area (Å²) in [5.41, 5.74) is 1.63. The van der Waals surface area contributed by atoms with E-state index in [1.807, 2.05) is 39.0 Å². The van der Waals surface area contributed by atoms with E-state index in [-0.39, 0.29) is 5.97 Å². The van der Waals surface area contributed by atoms with Crippen LogP contribution in [0.2, 0.25) is 0 Å². The van der Waals surface area contributed by atoms with Gasteiger partial charge in [-0.25, -0.2) is 0 Å². The topological polar surface area (TPSA) is 38.3 Å². The highest BCUT2D eigenvalue weighted by atomic mass is 79.9. The molecule has 0 amide bonds. The van der Waals surface area contributed by atoms with E-state index >= 15 is 0 Å². The van der Waals surface area contributed by atoms with Gasteiger partial charge in [-0.2, -0.15) is 0 Å². The average molecular weight is 300 g/mol. The number of carbonyl (C=O) groups is 1. The largest absolute Gasteiger partial charge is 0.469 e. The molecule has 3 nitrogen and oxygen atoms in total. The number of esters is 1. The highest BCUT2D eigenvalue weighted by molar-refractivity contribution is 9.10. The van der Waals surface area contributed by atoms with Gasteiger partial charge >= 0.3 is 5.97 Å². The summed E-state index contributed by atoms with van der Waals surface area (Å²) in [6.07, 6.45) is 0.